The predicted molar refractivity (Wildman–Crippen MR) is 105 cm³/mol. The van der Waals surface area contributed by atoms with Crippen molar-refractivity contribution in [2.24, 2.45) is 0 Å². The SMILES string of the molecule is O=C(NCc1nnc2n1CCC2)c1cnn(-c2ccc(Cl)cc2Cl)c1C1CC1. The number of aryl methyl sites for hydroxylation is 1. The monoisotopic (exact) mass is 416 g/mol. The summed E-state index contributed by atoms with van der Waals surface area (Å²) in [4.78, 5) is 12.9. The molecule has 1 aromatic carbocycles. The molecule has 0 spiro atoms. The number of carbonyl (C=O) groups is 1. The molecule has 2 aromatic heterocycles. The number of nitrogens with one attached hydrogen (secondary N) is 1. The number of nitrogens with zero attached hydrogens (tertiary/aromatic N) is 5. The number of carbonyl (C=O) groups excluding carboxylic acids is 1. The van der Waals surface area contributed by atoms with Crippen LogP contribution < -0.4 is 5.32 Å². The fourth-order valence-electron chi connectivity index (χ4n) is 3.72. The Morgan fingerprint density at radius 3 is 2.89 bits per heavy atom. The number of fused-ring (bicyclic) bond motifs is 1. The number of hydrogen-bond donors (Lipinski definition) is 1. The first-order chi connectivity index (χ1) is 13.6. The Morgan fingerprint density at radius 1 is 1.25 bits per heavy atom. The predicted octanol–water partition coefficient (Wildman–Crippen LogP) is 3.52. The lowest BCUT2D eigenvalue weighted by Gasteiger charge is -2.11. The van der Waals surface area contributed by atoms with E-state index in [1.165, 1.54) is 0 Å². The van der Waals surface area contributed by atoms with E-state index in [1.807, 2.05) is 6.07 Å². The van der Waals surface area contributed by atoms with E-state index in [1.54, 1.807) is 23.0 Å². The summed E-state index contributed by atoms with van der Waals surface area (Å²) in [5, 5.41) is 16.9. The van der Waals surface area contributed by atoms with Gasteiger partial charge in [-0.2, -0.15) is 5.10 Å². The third-order valence-corrected chi connectivity index (χ3v) is 5.78. The zero-order chi connectivity index (χ0) is 19.3. The minimum atomic E-state index is -0.159. The lowest BCUT2D eigenvalue weighted by atomic mass is 10.1. The van der Waals surface area contributed by atoms with E-state index in [2.05, 4.69) is 25.2 Å². The molecule has 0 bridgehead atoms. The van der Waals surface area contributed by atoms with Gasteiger partial charge in [0.1, 0.15) is 5.82 Å². The van der Waals surface area contributed by atoms with Crippen LogP contribution in [0.2, 0.25) is 10.0 Å². The lowest BCUT2D eigenvalue weighted by molar-refractivity contribution is 0.0948. The van der Waals surface area contributed by atoms with E-state index in [-0.39, 0.29) is 5.91 Å². The van der Waals surface area contributed by atoms with Crippen molar-refractivity contribution in [3.05, 3.63) is 57.3 Å². The molecule has 1 N–H and O–H groups in total. The van der Waals surface area contributed by atoms with Crippen LogP contribution in [0.3, 0.4) is 0 Å². The maximum atomic E-state index is 12.9. The molecule has 2 aliphatic rings. The van der Waals surface area contributed by atoms with Crippen LogP contribution in [0.1, 0.15) is 52.9 Å². The first-order valence-electron chi connectivity index (χ1n) is 9.34. The molecule has 1 fully saturated rings. The molecule has 1 amide bonds. The third kappa shape index (κ3) is 3.08. The molecule has 7 nitrogen and oxygen atoms in total. The molecule has 0 saturated heterocycles. The van der Waals surface area contributed by atoms with E-state index in [0.29, 0.717) is 28.1 Å². The van der Waals surface area contributed by atoms with Gasteiger partial charge >= 0.3 is 0 Å². The summed E-state index contributed by atoms with van der Waals surface area (Å²) in [5.41, 5.74) is 2.20. The molecule has 144 valence electrons. The van der Waals surface area contributed by atoms with Crippen LogP contribution >= 0.6 is 23.2 Å². The van der Waals surface area contributed by atoms with Crippen LogP contribution in [-0.2, 0) is 19.5 Å². The van der Waals surface area contributed by atoms with Crippen LogP contribution in [0, 0.1) is 0 Å². The molecule has 9 heteroatoms. The van der Waals surface area contributed by atoms with Crippen molar-refractivity contribution < 1.29 is 4.79 Å². The Bertz CT molecular complexity index is 1070. The van der Waals surface area contributed by atoms with E-state index < -0.39 is 0 Å². The standard InChI is InChI=1S/C19H18Cl2N6O/c20-12-5-6-15(14(21)8-12)27-18(11-3-4-11)13(9-23-27)19(28)22-10-17-25-24-16-2-1-7-26(16)17/h5-6,8-9,11H,1-4,7,10H2,(H,22,28). The maximum Gasteiger partial charge on any atom is 0.255 e. The number of rotatable bonds is 5. The molecule has 0 atom stereocenters. The van der Waals surface area contributed by atoms with Crippen molar-refractivity contribution in [1.82, 2.24) is 29.9 Å². The molecule has 0 radical (unpaired) electrons. The lowest BCUT2D eigenvalue weighted by Crippen LogP contribution is -2.25. The minimum absolute atomic E-state index is 0.159. The third-order valence-electron chi connectivity index (χ3n) is 5.25. The summed E-state index contributed by atoms with van der Waals surface area (Å²) < 4.78 is 3.85. The molecule has 1 saturated carbocycles. The van der Waals surface area contributed by atoms with Crippen molar-refractivity contribution in [2.75, 3.05) is 0 Å². The molecule has 1 aliphatic heterocycles. The first-order valence-corrected chi connectivity index (χ1v) is 10.1. The van der Waals surface area contributed by atoms with Gasteiger partial charge in [-0.1, -0.05) is 23.2 Å². The fourth-order valence-corrected chi connectivity index (χ4v) is 4.21. The van der Waals surface area contributed by atoms with Gasteiger partial charge in [0.2, 0.25) is 0 Å². The van der Waals surface area contributed by atoms with Crippen molar-refractivity contribution >= 4 is 29.1 Å². The van der Waals surface area contributed by atoms with E-state index in [4.69, 9.17) is 23.2 Å². The summed E-state index contributed by atoms with van der Waals surface area (Å²) in [6, 6.07) is 5.28. The number of hydrogen-bond acceptors (Lipinski definition) is 4. The van der Waals surface area contributed by atoms with Crippen LogP contribution in [0.4, 0.5) is 0 Å². The van der Waals surface area contributed by atoms with Gasteiger partial charge in [0.15, 0.2) is 5.82 Å². The molecule has 3 aromatic rings. The number of amides is 1. The van der Waals surface area contributed by atoms with Gasteiger partial charge in [-0.3, -0.25) is 4.79 Å². The molecule has 0 unspecified atom stereocenters. The van der Waals surface area contributed by atoms with Crippen molar-refractivity contribution in [2.45, 2.75) is 44.7 Å². The topological polar surface area (TPSA) is 77.6 Å². The highest BCUT2D eigenvalue weighted by molar-refractivity contribution is 6.35. The van der Waals surface area contributed by atoms with Crippen molar-refractivity contribution in [3.63, 3.8) is 0 Å². The van der Waals surface area contributed by atoms with Gasteiger partial charge in [-0.15, -0.1) is 10.2 Å². The van der Waals surface area contributed by atoms with E-state index in [0.717, 1.165) is 55.3 Å². The second-order valence-corrected chi connectivity index (χ2v) is 8.04. The Morgan fingerprint density at radius 2 is 2.11 bits per heavy atom. The highest BCUT2D eigenvalue weighted by Gasteiger charge is 2.33. The summed E-state index contributed by atoms with van der Waals surface area (Å²) >= 11 is 12.4. The molecular weight excluding hydrogens is 399 g/mol. The van der Waals surface area contributed by atoms with Gasteiger partial charge in [-0.05, 0) is 37.5 Å². The van der Waals surface area contributed by atoms with Crippen LogP contribution in [0.15, 0.2) is 24.4 Å². The number of halogens is 2. The van der Waals surface area contributed by atoms with Gasteiger partial charge in [-0.25, -0.2) is 4.68 Å². The quantitative estimate of drug-likeness (QED) is 0.689. The molecule has 3 heterocycles. The fraction of sp³-hybridized carbons (Fsp3) is 0.368. The van der Waals surface area contributed by atoms with Gasteiger partial charge in [0, 0.05) is 23.9 Å². The van der Waals surface area contributed by atoms with Gasteiger partial charge in [0.05, 0.1) is 34.7 Å². The summed E-state index contributed by atoms with van der Waals surface area (Å²) in [6.45, 7) is 1.26. The van der Waals surface area contributed by atoms with Crippen molar-refractivity contribution in [3.8, 4) is 5.69 Å². The van der Waals surface area contributed by atoms with Crippen LogP contribution in [0.5, 0.6) is 0 Å². The van der Waals surface area contributed by atoms with E-state index >= 15 is 0 Å². The normalized spacial score (nSPS) is 15.6. The summed E-state index contributed by atoms with van der Waals surface area (Å²) in [6.07, 6.45) is 5.71. The molecule has 5 rings (SSSR count). The van der Waals surface area contributed by atoms with Crippen molar-refractivity contribution in [1.29, 1.82) is 0 Å². The zero-order valence-electron chi connectivity index (χ0n) is 15.0. The Kier molecular flexibility index (Phi) is 4.36. The van der Waals surface area contributed by atoms with Crippen LogP contribution in [-0.4, -0.2) is 30.5 Å². The Hall–Kier alpha value is -2.38. The average Bonchev–Trinajstić information content (AvgIpc) is 3.08. The second-order valence-electron chi connectivity index (χ2n) is 7.20. The smallest absolute Gasteiger partial charge is 0.255 e. The molecule has 1 aliphatic carbocycles. The van der Waals surface area contributed by atoms with Crippen LogP contribution in [0.25, 0.3) is 5.69 Å². The maximum absolute atomic E-state index is 12.9. The largest absolute Gasteiger partial charge is 0.345 e. The Labute approximate surface area is 171 Å². The number of aromatic nitrogens is 5. The first kappa shape index (κ1) is 17.7. The second kappa shape index (κ2) is 6.90. The Balaban J connectivity index is 1.42. The van der Waals surface area contributed by atoms with Gasteiger partial charge in [0.25, 0.3) is 5.91 Å². The minimum Gasteiger partial charge on any atom is -0.345 e. The molecule has 28 heavy (non-hydrogen) atoms. The summed E-state index contributed by atoms with van der Waals surface area (Å²) in [5.74, 6) is 1.94. The summed E-state index contributed by atoms with van der Waals surface area (Å²) in [7, 11) is 0. The number of benzene rings is 1. The van der Waals surface area contributed by atoms with E-state index in [9.17, 15) is 4.79 Å². The van der Waals surface area contributed by atoms with Gasteiger partial charge < -0.3 is 9.88 Å². The highest BCUT2D eigenvalue weighted by atomic mass is 35.5. The zero-order valence-corrected chi connectivity index (χ0v) is 16.5. The highest BCUT2D eigenvalue weighted by Crippen LogP contribution is 2.43. The average molecular weight is 417 g/mol. The molecular formula is C19H18Cl2N6O.